The summed E-state index contributed by atoms with van der Waals surface area (Å²) in [6.45, 7) is 5.01. The summed E-state index contributed by atoms with van der Waals surface area (Å²) < 4.78 is 0. The summed E-state index contributed by atoms with van der Waals surface area (Å²) in [5.41, 5.74) is 0. The van der Waals surface area contributed by atoms with Gasteiger partial charge in [-0.25, -0.2) is 0 Å². The van der Waals surface area contributed by atoms with Gasteiger partial charge in [-0.2, -0.15) is 0 Å². The largest absolute Gasteiger partial charge is 0.393 e. The molecule has 0 aromatic heterocycles. The van der Waals surface area contributed by atoms with E-state index >= 15 is 0 Å². The smallest absolute Gasteiger partial charge is 0.0564 e. The van der Waals surface area contributed by atoms with E-state index < -0.39 is 0 Å². The highest BCUT2D eigenvalue weighted by Gasteiger charge is 2.15. The average Bonchev–Trinajstić information content (AvgIpc) is 2.09. The Morgan fingerprint density at radius 3 is 2.67 bits per heavy atom. The second kappa shape index (κ2) is 5.18. The molecule has 1 fully saturated rings. The summed E-state index contributed by atoms with van der Waals surface area (Å²) >= 11 is 0. The molecule has 0 spiro atoms. The highest BCUT2D eigenvalue weighted by molar-refractivity contribution is 4.95. The Hall–Kier alpha value is -0.520. The summed E-state index contributed by atoms with van der Waals surface area (Å²) in [5.74, 6) is 5.94. The van der Waals surface area contributed by atoms with E-state index in [1.165, 1.54) is 0 Å². The van der Waals surface area contributed by atoms with Gasteiger partial charge >= 0.3 is 0 Å². The van der Waals surface area contributed by atoms with Gasteiger partial charge in [0.15, 0.2) is 0 Å². The van der Waals surface area contributed by atoms with Crippen LogP contribution in [0, 0.1) is 11.8 Å². The van der Waals surface area contributed by atoms with Crippen molar-refractivity contribution in [3.63, 3.8) is 0 Å². The van der Waals surface area contributed by atoms with Crippen LogP contribution in [0.4, 0.5) is 0 Å². The van der Waals surface area contributed by atoms with E-state index in [0.29, 0.717) is 0 Å². The predicted octanol–water partition coefficient (Wildman–Crippen LogP) is 0.857. The van der Waals surface area contributed by atoms with Crippen LogP contribution >= 0.6 is 0 Å². The second-order valence-corrected chi connectivity index (χ2v) is 3.25. The van der Waals surface area contributed by atoms with Gasteiger partial charge in [0, 0.05) is 26.1 Å². The Labute approximate surface area is 74.6 Å². The van der Waals surface area contributed by atoms with Gasteiger partial charge in [0.25, 0.3) is 0 Å². The van der Waals surface area contributed by atoms with E-state index in [4.69, 9.17) is 0 Å². The number of aliphatic hydroxyl groups is 1. The molecule has 0 aromatic rings. The number of likely N-dealkylation sites (tertiary alicyclic amines) is 1. The molecule has 0 unspecified atom stereocenters. The zero-order valence-corrected chi connectivity index (χ0v) is 7.71. The zero-order valence-electron chi connectivity index (χ0n) is 7.71. The van der Waals surface area contributed by atoms with Crippen LogP contribution in [0.25, 0.3) is 0 Å². The fourth-order valence-corrected chi connectivity index (χ4v) is 1.48. The molecule has 12 heavy (non-hydrogen) atoms. The Morgan fingerprint density at radius 1 is 1.42 bits per heavy atom. The van der Waals surface area contributed by atoms with E-state index in [9.17, 15) is 5.11 Å². The third kappa shape index (κ3) is 3.25. The van der Waals surface area contributed by atoms with Crippen molar-refractivity contribution in [2.45, 2.75) is 32.3 Å². The van der Waals surface area contributed by atoms with Crippen molar-refractivity contribution in [2.24, 2.45) is 0 Å². The number of rotatable bonds is 2. The molecule has 0 aromatic carbocycles. The van der Waals surface area contributed by atoms with E-state index in [0.717, 1.165) is 38.9 Å². The predicted molar refractivity (Wildman–Crippen MR) is 49.7 cm³/mol. The van der Waals surface area contributed by atoms with Gasteiger partial charge in [0.1, 0.15) is 0 Å². The average molecular weight is 167 g/mol. The summed E-state index contributed by atoms with van der Waals surface area (Å²) in [5, 5.41) is 9.24. The van der Waals surface area contributed by atoms with Crippen LogP contribution in [0.5, 0.6) is 0 Å². The first-order valence-corrected chi connectivity index (χ1v) is 4.63. The molecule has 1 aliphatic heterocycles. The van der Waals surface area contributed by atoms with Crippen molar-refractivity contribution < 1.29 is 5.11 Å². The van der Waals surface area contributed by atoms with Gasteiger partial charge in [-0.15, -0.1) is 11.8 Å². The van der Waals surface area contributed by atoms with Crippen LogP contribution in [-0.4, -0.2) is 35.7 Å². The molecule has 0 radical (unpaired) electrons. The van der Waals surface area contributed by atoms with E-state index in [-0.39, 0.29) is 6.10 Å². The normalized spacial score (nSPS) is 20.2. The highest BCUT2D eigenvalue weighted by Crippen LogP contribution is 2.09. The molecule has 0 bridgehead atoms. The Kier molecular flexibility index (Phi) is 4.13. The van der Waals surface area contributed by atoms with Gasteiger partial charge in [-0.3, -0.25) is 0 Å². The summed E-state index contributed by atoms with van der Waals surface area (Å²) in [4.78, 5) is 2.37. The van der Waals surface area contributed by atoms with Crippen LogP contribution in [0.3, 0.4) is 0 Å². The first-order valence-electron chi connectivity index (χ1n) is 4.63. The fraction of sp³-hybridized carbons (Fsp3) is 0.800. The van der Waals surface area contributed by atoms with Crippen LogP contribution in [0.2, 0.25) is 0 Å². The molecule has 2 nitrogen and oxygen atoms in total. The number of hydrogen-bond donors (Lipinski definition) is 1. The summed E-state index contributed by atoms with van der Waals surface area (Å²) in [6.07, 6.45) is 2.77. The van der Waals surface area contributed by atoms with Crippen molar-refractivity contribution in [3.05, 3.63) is 0 Å². The molecule has 1 N–H and O–H groups in total. The van der Waals surface area contributed by atoms with Crippen molar-refractivity contribution in [2.75, 3.05) is 19.6 Å². The first-order chi connectivity index (χ1) is 5.83. The Morgan fingerprint density at radius 2 is 2.08 bits per heavy atom. The van der Waals surface area contributed by atoms with Gasteiger partial charge in [-0.05, 0) is 19.8 Å². The molecule has 1 rings (SSSR count). The Bertz CT molecular complexity index is 172. The molecular formula is C10H17NO. The number of aliphatic hydroxyl groups excluding tert-OH is 1. The lowest BCUT2D eigenvalue weighted by molar-refractivity contribution is 0.0837. The highest BCUT2D eigenvalue weighted by atomic mass is 16.3. The molecule has 2 heteroatoms. The zero-order chi connectivity index (χ0) is 8.81. The molecule has 0 atom stereocenters. The molecule has 0 amide bonds. The molecule has 1 aliphatic rings. The molecule has 68 valence electrons. The first kappa shape index (κ1) is 9.57. The summed E-state index contributed by atoms with van der Waals surface area (Å²) in [7, 11) is 0. The van der Waals surface area contributed by atoms with E-state index in [2.05, 4.69) is 16.7 Å². The van der Waals surface area contributed by atoms with Gasteiger partial charge < -0.3 is 10.0 Å². The molecule has 0 aliphatic carbocycles. The SMILES string of the molecule is CC#CCCN1CCC(O)CC1. The van der Waals surface area contributed by atoms with E-state index in [1.807, 2.05) is 6.92 Å². The summed E-state index contributed by atoms with van der Waals surface area (Å²) in [6, 6.07) is 0. The van der Waals surface area contributed by atoms with Crippen LogP contribution in [-0.2, 0) is 0 Å². The monoisotopic (exact) mass is 167 g/mol. The van der Waals surface area contributed by atoms with Crippen molar-refractivity contribution in [3.8, 4) is 11.8 Å². The third-order valence-corrected chi connectivity index (χ3v) is 2.29. The van der Waals surface area contributed by atoms with Crippen LogP contribution < -0.4 is 0 Å². The van der Waals surface area contributed by atoms with E-state index in [1.54, 1.807) is 0 Å². The molecule has 0 saturated carbocycles. The quantitative estimate of drug-likeness (QED) is 0.616. The standard InChI is InChI=1S/C10H17NO/c1-2-3-4-7-11-8-5-10(12)6-9-11/h10,12H,4-9H2,1H3. The minimum Gasteiger partial charge on any atom is -0.393 e. The van der Waals surface area contributed by atoms with Crippen LogP contribution in [0.1, 0.15) is 26.2 Å². The molecule has 1 heterocycles. The number of nitrogens with zero attached hydrogens (tertiary/aromatic N) is 1. The minimum atomic E-state index is -0.0569. The number of hydrogen-bond acceptors (Lipinski definition) is 2. The Balaban J connectivity index is 2.12. The van der Waals surface area contributed by atoms with Crippen molar-refractivity contribution in [1.82, 2.24) is 4.90 Å². The maximum Gasteiger partial charge on any atom is 0.0564 e. The van der Waals surface area contributed by atoms with Gasteiger partial charge in [0.2, 0.25) is 0 Å². The third-order valence-electron chi connectivity index (χ3n) is 2.29. The fourth-order valence-electron chi connectivity index (χ4n) is 1.48. The lowest BCUT2D eigenvalue weighted by atomic mass is 10.1. The van der Waals surface area contributed by atoms with Crippen molar-refractivity contribution >= 4 is 0 Å². The molecule has 1 saturated heterocycles. The van der Waals surface area contributed by atoms with Crippen LogP contribution in [0.15, 0.2) is 0 Å². The minimum absolute atomic E-state index is 0.0569. The van der Waals surface area contributed by atoms with Gasteiger partial charge in [-0.1, -0.05) is 0 Å². The second-order valence-electron chi connectivity index (χ2n) is 3.25. The maximum absolute atomic E-state index is 9.24. The lowest BCUT2D eigenvalue weighted by Gasteiger charge is -2.28. The molecular weight excluding hydrogens is 150 g/mol. The lowest BCUT2D eigenvalue weighted by Crippen LogP contribution is -2.36. The number of piperidine rings is 1. The topological polar surface area (TPSA) is 23.5 Å². The maximum atomic E-state index is 9.24. The van der Waals surface area contributed by atoms with Gasteiger partial charge in [0.05, 0.1) is 6.10 Å². The van der Waals surface area contributed by atoms with Crippen molar-refractivity contribution in [1.29, 1.82) is 0 Å².